The summed E-state index contributed by atoms with van der Waals surface area (Å²) in [4.78, 5) is 4.42. The Labute approximate surface area is 107 Å². The van der Waals surface area contributed by atoms with Crippen molar-refractivity contribution in [1.29, 1.82) is 0 Å². The minimum absolute atomic E-state index is 0.333. The summed E-state index contributed by atoms with van der Waals surface area (Å²) in [7, 11) is 0. The molecule has 17 heavy (non-hydrogen) atoms. The van der Waals surface area contributed by atoms with Crippen molar-refractivity contribution in [3.8, 4) is 0 Å². The SMILES string of the molecule is CC1C(Cl)CCC1c1ccc2cccnc2c1. The molecular formula is C15H16ClN. The molecule has 3 atom stereocenters. The third-order valence-electron chi connectivity index (χ3n) is 4.02. The van der Waals surface area contributed by atoms with E-state index in [0.717, 1.165) is 11.9 Å². The fourth-order valence-electron chi connectivity index (χ4n) is 2.90. The van der Waals surface area contributed by atoms with Gasteiger partial charge >= 0.3 is 0 Å². The average molecular weight is 246 g/mol. The highest BCUT2D eigenvalue weighted by Crippen LogP contribution is 2.42. The zero-order valence-corrected chi connectivity index (χ0v) is 10.7. The van der Waals surface area contributed by atoms with Crippen LogP contribution in [0.5, 0.6) is 0 Å². The lowest BCUT2D eigenvalue weighted by molar-refractivity contribution is 0.538. The van der Waals surface area contributed by atoms with Crippen LogP contribution < -0.4 is 0 Å². The van der Waals surface area contributed by atoms with Gasteiger partial charge in [0.25, 0.3) is 0 Å². The number of hydrogen-bond donors (Lipinski definition) is 0. The van der Waals surface area contributed by atoms with Gasteiger partial charge in [-0.2, -0.15) is 0 Å². The van der Waals surface area contributed by atoms with E-state index in [4.69, 9.17) is 11.6 Å². The van der Waals surface area contributed by atoms with E-state index >= 15 is 0 Å². The molecule has 1 fully saturated rings. The normalized spacial score (nSPS) is 28.7. The Balaban J connectivity index is 2.01. The monoisotopic (exact) mass is 245 g/mol. The number of nitrogens with zero attached hydrogens (tertiary/aromatic N) is 1. The van der Waals surface area contributed by atoms with Gasteiger partial charge in [-0.1, -0.05) is 25.1 Å². The van der Waals surface area contributed by atoms with Crippen LogP contribution in [0, 0.1) is 5.92 Å². The summed E-state index contributed by atoms with van der Waals surface area (Å²) >= 11 is 6.31. The smallest absolute Gasteiger partial charge is 0.0704 e. The van der Waals surface area contributed by atoms with Gasteiger partial charge in [-0.15, -0.1) is 11.6 Å². The molecule has 88 valence electrons. The molecule has 0 N–H and O–H groups in total. The van der Waals surface area contributed by atoms with E-state index < -0.39 is 0 Å². The minimum atomic E-state index is 0.333. The molecule has 1 saturated carbocycles. The third-order valence-corrected chi connectivity index (χ3v) is 4.63. The quantitative estimate of drug-likeness (QED) is 0.681. The maximum Gasteiger partial charge on any atom is 0.0704 e. The molecule has 2 heteroatoms. The average Bonchev–Trinajstić information content (AvgIpc) is 2.70. The highest BCUT2D eigenvalue weighted by molar-refractivity contribution is 6.21. The van der Waals surface area contributed by atoms with Crippen LogP contribution in [0.3, 0.4) is 0 Å². The van der Waals surface area contributed by atoms with Crippen LogP contribution in [0.15, 0.2) is 36.5 Å². The van der Waals surface area contributed by atoms with Crippen molar-refractivity contribution in [2.45, 2.75) is 31.1 Å². The first kappa shape index (κ1) is 11.0. The standard InChI is InChI=1S/C15H16ClN/c1-10-13(6-7-14(10)16)12-5-4-11-3-2-8-17-15(11)9-12/h2-5,8-10,13-14H,6-7H2,1H3. The highest BCUT2D eigenvalue weighted by atomic mass is 35.5. The van der Waals surface area contributed by atoms with Gasteiger partial charge in [0.1, 0.15) is 0 Å². The van der Waals surface area contributed by atoms with Crippen molar-refractivity contribution in [3.63, 3.8) is 0 Å². The lowest BCUT2D eigenvalue weighted by Crippen LogP contribution is -2.09. The fourth-order valence-corrected chi connectivity index (χ4v) is 3.20. The Kier molecular flexibility index (Phi) is 2.79. The molecule has 1 aliphatic rings. The van der Waals surface area contributed by atoms with E-state index in [2.05, 4.69) is 36.2 Å². The van der Waals surface area contributed by atoms with Crippen LogP contribution in [0.2, 0.25) is 0 Å². The first-order valence-corrected chi connectivity index (χ1v) is 6.68. The van der Waals surface area contributed by atoms with Crippen molar-refractivity contribution in [2.24, 2.45) is 5.92 Å². The number of alkyl halides is 1. The topological polar surface area (TPSA) is 12.9 Å². The summed E-state index contributed by atoms with van der Waals surface area (Å²) in [6.45, 7) is 2.26. The van der Waals surface area contributed by atoms with Crippen LogP contribution in [0.1, 0.15) is 31.2 Å². The second kappa shape index (κ2) is 4.30. The molecule has 0 bridgehead atoms. The molecule has 0 saturated heterocycles. The number of fused-ring (bicyclic) bond motifs is 1. The molecule has 0 amide bonds. The van der Waals surface area contributed by atoms with E-state index in [-0.39, 0.29) is 0 Å². The summed E-state index contributed by atoms with van der Waals surface area (Å²) in [5.74, 6) is 1.17. The van der Waals surface area contributed by atoms with Crippen molar-refractivity contribution in [3.05, 3.63) is 42.1 Å². The lowest BCUT2D eigenvalue weighted by Gasteiger charge is -2.17. The zero-order valence-electron chi connectivity index (χ0n) is 9.94. The van der Waals surface area contributed by atoms with E-state index in [1.54, 1.807) is 0 Å². The van der Waals surface area contributed by atoms with Crippen molar-refractivity contribution in [1.82, 2.24) is 4.98 Å². The van der Waals surface area contributed by atoms with Crippen LogP contribution in [0.25, 0.3) is 10.9 Å². The summed E-state index contributed by atoms with van der Waals surface area (Å²) in [5, 5.41) is 1.55. The molecule has 1 aromatic heterocycles. The number of aromatic nitrogens is 1. The molecule has 0 radical (unpaired) electrons. The van der Waals surface area contributed by atoms with Gasteiger partial charge in [-0.3, -0.25) is 4.98 Å². The van der Waals surface area contributed by atoms with Crippen molar-refractivity contribution < 1.29 is 0 Å². The molecule has 1 aliphatic carbocycles. The summed E-state index contributed by atoms with van der Waals surface area (Å²) in [6.07, 6.45) is 4.19. The Morgan fingerprint density at radius 3 is 2.88 bits per heavy atom. The van der Waals surface area contributed by atoms with Gasteiger partial charge in [0, 0.05) is 17.0 Å². The first-order chi connectivity index (χ1) is 8.25. The van der Waals surface area contributed by atoms with Crippen molar-refractivity contribution in [2.75, 3.05) is 0 Å². The van der Waals surface area contributed by atoms with Gasteiger partial charge in [0.15, 0.2) is 0 Å². The predicted octanol–water partition coefficient (Wildman–Crippen LogP) is 4.36. The fraction of sp³-hybridized carbons (Fsp3) is 0.400. The molecule has 1 nitrogen and oxygen atoms in total. The van der Waals surface area contributed by atoms with Crippen LogP contribution in [-0.2, 0) is 0 Å². The molecule has 2 aromatic rings. The molecular weight excluding hydrogens is 230 g/mol. The van der Waals surface area contributed by atoms with Crippen molar-refractivity contribution >= 4 is 22.5 Å². The zero-order chi connectivity index (χ0) is 11.8. The van der Waals surface area contributed by atoms with Gasteiger partial charge in [-0.25, -0.2) is 0 Å². The van der Waals surface area contributed by atoms with Crippen LogP contribution in [0.4, 0.5) is 0 Å². The van der Waals surface area contributed by atoms with Gasteiger partial charge in [0.05, 0.1) is 5.52 Å². The second-order valence-electron chi connectivity index (χ2n) is 5.01. The molecule has 1 aromatic carbocycles. The predicted molar refractivity (Wildman–Crippen MR) is 72.5 cm³/mol. The van der Waals surface area contributed by atoms with Gasteiger partial charge < -0.3 is 0 Å². The Morgan fingerprint density at radius 1 is 1.24 bits per heavy atom. The molecule has 0 aliphatic heterocycles. The van der Waals surface area contributed by atoms with Gasteiger partial charge in [-0.05, 0) is 42.4 Å². The number of halogens is 1. The third kappa shape index (κ3) is 1.93. The number of rotatable bonds is 1. The maximum absolute atomic E-state index is 6.31. The van der Waals surface area contributed by atoms with Crippen LogP contribution >= 0.6 is 11.6 Å². The van der Waals surface area contributed by atoms with E-state index in [1.165, 1.54) is 17.4 Å². The summed E-state index contributed by atoms with van der Waals surface area (Å²) in [5.41, 5.74) is 2.49. The van der Waals surface area contributed by atoms with Crippen LogP contribution in [-0.4, -0.2) is 10.4 Å². The lowest BCUT2D eigenvalue weighted by atomic mass is 9.89. The van der Waals surface area contributed by atoms with E-state index in [9.17, 15) is 0 Å². The number of pyridine rings is 1. The Bertz CT molecular complexity index is 537. The Hall–Kier alpha value is -1.08. The second-order valence-corrected chi connectivity index (χ2v) is 5.58. The van der Waals surface area contributed by atoms with Gasteiger partial charge in [0.2, 0.25) is 0 Å². The molecule has 1 heterocycles. The summed E-state index contributed by atoms with van der Waals surface area (Å²) < 4.78 is 0. The minimum Gasteiger partial charge on any atom is -0.256 e. The molecule has 3 unspecified atom stereocenters. The first-order valence-electron chi connectivity index (χ1n) is 6.24. The highest BCUT2D eigenvalue weighted by Gasteiger charge is 2.32. The summed E-state index contributed by atoms with van der Waals surface area (Å²) in [6, 6.07) is 10.7. The molecule has 3 rings (SSSR count). The molecule has 0 spiro atoms. The number of hydrogen-bond acceptors (Lipinski definition) is 1. The largest absolute Gasteiger partial charge is 0.256 e. The Morgan fingerprint density at radius 2 is 2.12 bits per heavy atom. The maximum atomic E-state index is 6.31. The van der Waals surface area contributed by atoms with E-state index in [0.29, 0.717) is 17.2 Å². The number of benzene rings is 1. The van der Waals surface area contributed by atoms with E-state index in [1.807, 2.05) is 12.3 Å².